The van der Waals surface area contributed by atoms with Crippen LogP contribution < -0.4 is 9.62 Å². The van der Waals surface area contributed by atoms with Crippen LogP contribution in [-0.4, -0.2) is 50.0 Å². The van der Waals surface area contributed by atoms with Crippen LogP contribution in [0.15, 0.2) is 42.5 Å². The molecule has 2 amide bonds. The molecule has 0 saturated heterocycles. The summed E-state index contributed by atoms with van der Waals surface area (Å²) in [6, 6.07) is 9.13. The highest BCUT2D eigenvalue weighted by Crippen LogP contribution is 2.31. The molecule has 0 aromatic heterocycles. The fraction of sp³-hybridized carbons (Fsp3) is 0.462. The highest BCUT2D eigenvalue weighted by atomic mass is 35.5. The van der Waals surface area contributed by atoms with Crippen molar-refractivity contribution in [1.82, 2.24) is 10.2 Å². The molecule has 37 heavy (non-hydrogen) atoms. The van der Waals surface area contributed by atoms with E-state index in [1.165, 1.54) is 47.4 Å². The van der Waals surface area contributed by atoms with Crippen molar-refractivity contribution in [3.05, 3.63) is 63.9 Å². The van der Waals surface area contributed by atoms with E-state index >= 15 is 0 Å². The number of sulfonamides is 1. The molecule has 3 rings (SSSR count). The SMILES string of the molecule is CC[C@@H](C(=O)NC1CCCCC1)N(Cc1ccc(F)cc1)C(=O)CN(c1cc(Cl)ccc1Cl)S(C)(=O)=O. The summed E-state index contributed by atoms with van der Waals surface area (Å²) in [5.74, 6) is -1.32. The molecule has 1 saturated carbocycles. The molecule has 0 aliphatic heterocycles. The summed E-state index contributed by atoms with van der Waals surface area (Å²) in [6.45, 7) is 1.20. The minimum atomic E-state index is -3.95. The molecule has 0 radical (unpaired) electrons. The summed E-state index contributed by atoms with van der Waals surface area (Å²) in [5.41, 5.74) is 0.664. The van der Waals surface area contributed by atoms with E-state index in [2.05, 4.69) is 5.32 Å². The van der Waals surface area contributed by atoms with E-state index in [4.69, 9.17) is 23.2 Å². The molecule has 0 heterocycles. The second-order valence-corrected chi connectivity index (χ2v) is 12.0. The van der Waals surface area contributed by atoms with E-state index in [0.29, 0.717) is 12.0 Å². The van der Waals surface area contributed by atoms with E-state index in [1.54, 1.807) is 6.92 Å². The highest BCUT2D eigenvalue weighted by molar-refractivity contribution is 7.92. The van der Waals surface area contributed by atoms with E-state index in [0.717, 1.165) is 42.7 Å². The molecule has 0 unspecified atom stereocenters. The van der Waals surface area contributed by atoms with Crippen molar-refractivity contribution in [1.29, 1.82) is 0 Å². The van der Waals surface area contributed by atoms with Crippen molar-refractivity contribution in [3.63, 3.8) is 0 Å². The predicted molar refractivity (Wildman–Crippen MR) is 145 cm³/mol. The summed E-state index contributed by atoms with van der Waals surface area (Å²) >= 11 is 12.3. The third-order valence-corrected chi connectivity index (χ3v) is 8.14. The molecule has 202 valence electrons. The first kappa shape index (κ1) is 29.2. The van der Waals surface area contributed by atoms with Gasteiger partial charge in [-0.25, -0.2) is 12.8 Å². The minimum absolute atomic E-state index is 0.00339. The Hall–Kier alpha value is -2.36. The van der Waals surface area contributed by atoms with Crippen LogP contribution >= 0.6 is 23.2 Å². The number of hydrogen-bond acceptors (Lipinski definition) is 4. The van der Waals surface area contributed by atoms with Gasteiger partial charge in [-0.05, 0) is 55.2 Å². The molecule has 1 atom stereocenters. The zero-order valence-corrected chi connectivity index (χ0v) is 23.3. The number of benzene rings is 2. The third kappa shape index (κ3) is 8.06. The molecular formula is C26H32Cl2FN3O4S. The number of rotatable bonds is 10. The maximum absolute atomic E-state index is 13.7. The van der Waals surface area contributed by atoms with Crippen LogP contribution in [0.4, 0.5) is 10.1 Å². The Labute approximate surface area is 228 Å². The Morgan fingerprint density at radius 3 is 2.32 bits per heavy atom. The van der Waals surface area contributed by atoms with Gasteiger partial charge in [-0.15, -0.1) is 0 Å². The van der Waals surface area contributed by atoms with Crippen LogP contribution in [0.5, 0.6) is 0 Å². The summed E-state index contributed by atoms with van der Waals surface area (Å²) in [7, 11) is -3.95. The fourth-order valence-electron chi connectivity index (χ4n) is 4.52. The van der Waals surface area contributed by atoms with Gasteiger partial charge in [-0.2, -0.15) is 0 Å². The normalized spacial score (nSPS) is 15.2. The van der Waals surface area contributed by atoms with Crippen LogP contribution in [-0.2, 0) is 26.2 Å². The van der Waals surface area contributed by atoms with E-state index in [9.17, 15) is 22.4 Å². The van der Waals surface area contributed by atoms with Crippen LogP contribution in [0.1, 0.15) is 51.0 Å². The summed E-state index contributed by atoms with van der Waals surface area (Å²) in [4.78, 5) is 28.4. The second-order valence-electron chi connectivity index (χ2n) is 9.28. The second kappa shape index (κ2) is 12.9. The first-order valence-corrected chi connectivity index (χ1v) is 14.9. The lowest BCUT2D eigenvalue weighted by molar-refractivity contribution is -0.140. The molecule has 1 fully saturated rings. The first-order chi connectivity index (χ1) is 17.5. The Bertz CT molecular complexity index is 1200. The van der Waals surface area contributed by atoms with Gasteiger partial charge in [0.15, 0.2) is 0 Å². The van der Waals surface area contributed by atoms with Gasteiger partial charge in [-0.3, -0.25) is 13.9 Å². The van der Waals surface area contributed by atoms with Crippen molar-refractivity contribution in [2.75, 3.05) is 17.1 Å². The molecule has 11 heteroatoms. The molecule has 0 spiro atoms. The average molecular weight is 573 g/mol. The molecule has 2 aromatic carbocycles. The van der Waals surface area contributed by atoms with Gasteiger partial charge < -0.3 is 10.2 Å². The topological polar surface area (TPSA) is 86.8 Å². The summed E-state index contributed by atoms with van der Waals surface area (Å²) in [5, 5.41) is 3.43. The van der Waals surface area contributed by atoms with E-state index < -0.39 is 34.3 Å². The Kier molecular flexibility index (Phi) is 10.2. The first-order valence-electron chi connectivity index (χ1n) is 12.3. The lowest BCUT2D eigenvalue weighted by Gasteiger charge is -2.34. The van der Waals surface area contributed by atoms with Gasteiger partial charge >= 0.3 is 0 Å². The van der Waals surface area contributed by atoms with E-state index in [1.807, 2.05) is 0 Å². The zero-order valence-electron chi connectivity index (χ0n) is 20.9. The highest BCUT2D eigenvalue weighted by Gasteiger charge is 2.33. The van der Waals surface area contributed by atoms with Gasteiger partial charge in [0, 0.05) is 17.6 Å². The van der Waals surface area contributed by atoms with Gasteiger partial charge in [0.25, 0.3) is 0 Å². The van der Waals surface area contributed by atoms with Crippen LogP contribution in [0.3, 0.4) is 0 Å². The van der Waals surface area contributed by atoms with Gasteiger partial charge in [0.2, 0.25) is 21.8 Å². The lowest BCUT2D eigenvalue weighted by atomic mass is 9.95. The summed E-state index contributed by atoms with van der Waals surface area (Å²) < 4.78 is 39.8. The largest absolute Gasteiger partial charge is 0.352 e. The molecule has 1 N–H and O–H groups in total. The maximum atomic E-state index is 13.7. The average Bonchev–Trinajstić information content (AvgIpc) is 2.85. The minimum Gasteiger partial charge on any atom is -0.352 e. The molecule has 0 bridgehead atoms. The number of amides is 2. The predicted octanol–water partition coefficient (Wildman–Crippen LogP) is 5.15. The summed E-state index contributed by atoms with van der Waals surface area (Å²) in [6.07, 6.45) is 6.23. The number of halogens is 3. The van der Waals surface area contributed by atoms with Crippen molar-refractivity contribution in [2.24, 2.45) is 0 Å². The van der Waals surface area contributed by atoms with Crippen LogP contribution in [0.2, 0.25) is 10.0 Å². The van der Waals surface area contributed by atoms with Gasteiger partial charge in [-0.1, -0.05) is 61.5 Å². The Morgan fingerprint density at radius 2 is 1.73 bits per heavy atom. The van der Waals surface area contributed by atoms with Crippen molar-refractivity contribution in [3.8, 4) is 0 Å². The van der Waals surface area contributed by atoms with Crippen molar-refractivity contribution in [2.45, 2.75) is 64.1 Å². The Balaban J connectivity index is 1.93. The lowest BCUT2D eigenvalue weighted by Crippen LogP contribution is -2.54. The third-order valence-electron chi connectivity index (χ3n) is 6.46. The standard InChI is InChI=1S/C26H32Cl2FN3O4S/c1-3-23(26(34)30-21-7-5-4-6-8-21)31(16-18-9-12-20(29)13-10-18)25(33)17-32(37(2,35)36)24-15-19(27)11-14-22(24)28/h9-15,21,23H,3-8,16-17H2,1-2H3,(H,30,34)/t23-/m0/s1. The number of nitrogens with one attached hydrogen (secondary N) is 1. The molecule has 1 aliphatic rings. The number of hydrogen-bond donors (Lipinski definition) is 1. The van der Waals surface area contributed by atoms with Gasteiger partial charge in [0.05, 0.1) is 17.0 Å². The quantitative estimate of drug-likeness (QED) is 0.427. The molecule has 2 aromatic rings. The smallest absolute Gasteiger partial charge is 0.244 e. The van der Waals surface area contributed by atoms with Crippen molar-refractivity contribution < 1.29 is 22.4 Å². The zero-order chi connectivity index (χ0) is 27.2. The number of carbonyl (C=O) groups excluding carboxylic acids is 2. The van der Waals surface area contributed by atoms with E-state index in [-0.39, 0.29) is 34.2 Å². The molecule has 7 nitrogen and oxygen atoms in total. The Morgan fingerprint density at radius 1 is 1.08 bits per heavy atom. The maximum Gasteiger partial charge on any atom is 0.244 e. The number of carbonyl (C=O) groups is 2. The fourth-order valence-corrected chi connectivity index (χ4v) is 5.81. The van der Waals surface area contributed by atoms with Crippen molar-refractivity contribution >= 4 is 50.7 Å². The number of nitrogens with zero attached hydrogens (tertiary/aromatic N) is 2. The molecular weight excluding hydrogens is 540 g/mol. The van der Waals surface area contributed by atoms with Crippen LogP contribution in [0.25, 0.3) is 0 Å². The monoisotopic (exact) mass is 571 g/mol. The van der Waals surface area contributed by atoms with Gasteiger partial charge in [0.1, 0.15) is 18.4 Å². The molecule has 1 aliphatic carbocycles. The van der Waals surface area contributed by atoms with Crippen LogP contribution in [0, 0.1) is 5.82 Å². The number of anilines is 1.